The average molecular weight is 510 g/mol. The number of nitro groups is 1. The van der Waals surface area contributed by atoms with Crippen molar-refractivity contribution in [2.75, 3.05) is 6.54 Å². The van der Waals surface area contributed by atoms with E-state index in [1.807, 2.05) is 36.4 Å². The molecule has 3 rings (SSSR count). The number of carbonyl (C=O) groups is 3. The predicted octanol–water partition coefficient (Wildman–Crippen LogP) is 3.12. The molecule has 0 radical (unpaired) electrons. The van der Waals surface area contributed by atoms with Crippen LogP contribution in [0.2, 0.25) is 0 Å². The molecule has 3 N–H and O–H groups in total. The minimum absolute atomic E-state index is 0.0559. The topological polar surface area (TPSA) is 166 Å². The highest BCUT2D eigenvalue weighted by Crippen LogP contribution is 2.19. The molecule has 0 aliphatic rings. The molecule has 0 aliphatic carbocycles. The molecule has 0 saturated carbocycles. The molecule has 12 nitrogen and oxygen atoms in total. The van der Waals surface area contributed by atoms with E-state index in [1.54, 1.807) is 24.3 Å². The summed E-state index contributed by atoms with van der Waals surface area (Å²) in [7, 11) is 0. The van der Waals surface area contributed by atoms with Crippen LogP contribution in [0, 0.1) is 10.1 Å². The first-order valence-electron chi connectivity index (χ1n) is 11.6. The van der Waals surface area contributed by atoms with E-state index in [9.17, 15) is 29.6 Å². The molecule has 0 aliphatic heterocycles. The van der Waals surface area contributed by atoms with Crippen molar-refractivity contribution in [2.24, 2.45) is 0 Å². The van der Waals surface area contributed by atoms with Crippen molar-refractivity contribution in [2.45, 2.75) is 38.5 Å². The van der Waals surface area contributed by atoms with Gasteiger partial charge in [0.1, 0.15) is 19.2 Å². The number of rotatable bonds is 13. The van der Waals surface area contributed by atoms with Gasteiger partial charge in [-0.3, -0.25) is 4.79 Å². The number of nitrogens with one attached hydrogen (secondary N) is 2. The minimum Gasteiger partial charge on any atom is -0.480 e. The molecule has 1 unspecified atom stereocenters. The van der Waals surface area contributed by atoms with Gasteiger partial charge in [-0.25, -0.2) is 19.1 Å². The summed E-state index contributed by atoms with van der Waals surface area (Å²) in [5.41, 5.74) is 1.16. The molecule has 194 valence electrons. The number of hydrogen-bond acceptors (Lipinski definition) is 7. The second kappa shape index (κ2) is 13.4. The van der Waals surface area contributed by atoms with E-state index in [4.69, 9.17) is 4.74 Å². The van der Waals surface area contributed by atoms with E-state index in [2.05, 4.69) is 15.6 Å². The van der Waals surface area contributed by atoms with Crippen LogP contribution in [-0.4, -0.2) is 50.1 Å². The molecule has 3 aromatic rings. The first-order chi connectivity index (χ1) is 17.8. The number of aliphatic carboxylic acids is 1. The number of unbranched alkanes of at least 4 members (excludes halogenated alkanes) is 1. The Morgan fingerprint density at radius 3 is 2.30 bits per heavy atom. The van der Waals surface area contributed by atoms with Gasteiger partial charge in [-0.2, -0.15) is 0 Å². The number of ether oxygens (including phenoxy) is 1. The molecule has 1 heterocycles. The zero-order valence-corrected chi connectivity index (χ0v) is 19.9. The lowest BCUT2D eigenvalue weighted by Gasteiger charge is -2.14. The van der Waals surface area contributed by atoms with Crippen LogP contribution in [0.4, 0.5) is 10.6 Å². The lowest BCUT2D eigenvalue weighted by atomic mass is 10.1. The van der Waals surface area contributed by atoms with Gasteiger partial charge in [0.2, 0.25) is 5.69 Å². The van der Waals surface area contributed by atoms with Gasteiger partial charge in [0.05, 0.1) is 0 Å². The predicted molar refractivity (Wildman–Crippen MR) is 132 cm³/mol. The van der Waals surface area contributed by atoms with E-state index in [1.165, 1.54) is 10.9 Å². The van der Waals surface area contributed by atoms with Crippen molar-refractivity contribution < 1.29 is 29.2 Å². The van der Waals surface area contributed by atoms with E-state index in [0.29, 0.717) is 12.8 Å². The van der Waals surface area contributed by atoms with Gasteiger partial charge in [0, 0.05) is 6.54 Å². The van der Waals surface area contributed by atoms with E-state index < -0.39 is 40.4 Å². The molecule has 1 atom stereocenters. The highest BCUT2D eigenvalue weighted by atomic mass is 16.6. The Kier molecular flexibility index (Phi) is 9.71. The lowest BCUT2D eigenvalue weighted by molar-refractivity contribution is -0.392. The van der Waals surface area contributed by atoms with E-state index in [-0.39, 0.29) is 26.1 Å². The number of benzene rings is 2. The number of nitrogens with zero attached hydrogens (tertiary/aromatic N) is 3. The van der Waals surface area contributed by atoms with Crippen LogP contribution in [0.3, 0.4) is 0 Å². The number of hydrogen-bond donors (Lipinski definition) is 3. The fourth-order valence-electron chi connectivity index (χ4n) is 3.55. The second-order valence-electron chi connectivity index (χ2n) is 8.14. The number of carbonyl (C=O) groups excluding carboxylic acids is 2. The van der Waals surface area contributed by atoms with Gasteiger partial charge in [-0.15, -0.1) is 0 Å². The molecule has 2 amide bonds. The summed E-state index contributed by atoms with van der Waals surface area (Å²) in [6.07, 6.45) is 1.44. The zero-order chi connectivity index (χ0) is 26.6. The maximum Gasteiger partial charge on any atom is 0.407 e. The molecule has 1 aromatic heterocycles. The number of carboxylic acid groups (broad SMARTS) is 1. The number of alkyl carbamates (subject to hydrolysis) is 1. The lowest BCUT2D eigenvalue weighted by Crippen LogP contribution is -2.41. The van der Waals surface area contributed by atoms with Crippen LogP contribution in [0.5, 0.6) is 0 Å². The third kappa shape index (κ3) is 8.16. The van der Waals surface area contributed by atoms with Gasteiger partial charge in [0.15, 0.2) is 6.33 Å². The van der Waals surface area contributed by atoms with Crippen LogP contribution in [0.15, 0.2) is 67.0 Å². The van der Waals surface area contributed by atoms with Gasteiger partial charge in [0.25, 0.3) is 5.91 Å². The first kappa shape index (κ1) is 26.9. The molecular weight excluding hydrogens is 482 g/mol. The molecule has 12 heteroatoms. The summed E-state index contributed by atoms with van der Waals surface area (Å²) in [6, 6.07) is 16.8. The largest absolute Gasteiger partial charge is 0.480 e. The van der Waals surface area contributed by atoms with Crippen molar-refractivity contribution in [3.63, 3.8) is 0 Å². The summed E-state index contributed by atoms with van der Waals surface area (Å²) >= 11 is 0. The Balaban J connectivity index is 1.48. The third-order valence-corrected chi connectivity index (χ3v) is 5.40. The molecule has 0 saturated heterocycles. The molecule has 37 heavy (non-hydrogen) atoms. The van der Waals surface area contributed by atoms with Crippen LogP contribution in [0.25, 0.3) is 0 Å². The number of imidazole rings is 1. The van der Waals surface area contributed by atoms with Crippen molar-refractivity contribution in [3.8, 4) is 0 Å². The van der Waals surface area contributed by atoms with Crippen molar-refractivity contribution in [3.05, 3.63) is 93.9 Å². The molecule has 0 spiro atoms. The average Bonchev–Trinajstić information content (AvgIpc) is 3.31. The maximum atomic E-state index is 12.7. The first-order valence-corrected chi connectivity index (χ1v) is 11.6. The monoisotopic (exact) mass is 509 g/mol. The SMILES string of the molecule is O=C(NCCCCC(NC(=O)c1ncn(Cc2ccccc2)c1[N+](=O)[O-])C(=O)O)OCc1ccccc1. The fourth-order valence-corrected chi connectivity index (χ4v) is 3.55. The highest BCUT2D eigenvalue weighted by molar-refractivity contribution is 5.97. The maximum absolute atomic E-state index is 12.7. The zero-order valence-electron chi connectivity index (χ0n) is 19.9. The normalized spacial score (nSPS) is 11.4. The molecular formula is C25H27N5O7. The molecule has 2 aromatic carbocycles. The number of carboxylic acids is 1. The van der Waals surface area contributed by atoms with Gasteiger partial charge >= 0.3 is 17.9 Å². The Morgan fingerprint density at radius 2 is 1.68 bits per heavy atom. The summed E-state index contributed by atoms with van der Waals surface area (Å²) in [5, 5.41) is 26.0. The van der Waals surface area contributed by atoms with Gasteiger partial charge < -0.3 is 30.6 Å². The van der Waals surface area contributed by atoms with Crippen LogP contribution < -0.4 is 10.6 Å². The third-order valence-electron chi connectivity index (χ3n) is 5.40. The Labute approximate surface area is 212 Å². The van der Waals surface area contributed by atoms with Crippen molar-refractivity contribution in [1.29, 1.82) is 0 Å². The highest BCUT2D eigenvalue weighted by Gasteiger charge is 2.30. The van der Waals surface area contributed by atoms with Crippen LogP contribution in [0.1, 0.15) is 40.9 Å². The summed E-state index contributed by atoms with van der Waals surface area (Å²) < 4.78 is 6.33. The molecule has 0 fully saturated rings. The quantitative estimate of drug-likeness (QED) is 0.180. The van der Waals surface area contributed by atoms with E-state index >= 15 is 0 Å². The number of aromatic nitrogens is 2. The summed E-state index contributed by atoms with van der Waals surface area (Å²) in [4.78, 5) is 50.9. The summed E-state index contributed by atoms with van der Waals surface area (Å²) in [5.74, 6) is -2.76. The second-order valence-corrected chi connectivity index (χ2v) is 8.14. The summed E-state index contributed by atoms with van der Waals surface area (Å²) in [6.45, 7) is 0.511. The smallest absolute Gasteiger partial charge is 0.407 e. The van der Waals surface area contributed by atoms with Crippen LogP contribution in [-0.2, 0) is 22.7 Å². The van der Waals surface area contributed by atoms with Crippen molar-refractivity contribution >= 4 is 23.8 Å². The minimum atomic E-state index is -1.28. The van der Waals surface area contributed by atoms with Gasteiger partial charge in [-0.05, 0) is 35.3 Å². The fraction of sp³-hybridized carbons (Fsp3) is 0.280. The Morgan fingerprint density at radius 1 is 1.03 bits per heavy atom. The van der Waals surface area contributed by atoms with E-state index in [0.717, 1.165) is 11.1 Å². The molecule has 0 bridgehead atoms. The van der Waals surface area contributed by atoms with Crippen molar-refractivity contribution in [1.82, 2.24) is 20.2 Å². The Bertz CT molecular complexity index is 1210. The van der Waals surface area contributed by atoms with Crippen LogP contribution >= 0.6 is 0 Å². The standard InChI is InChI=1S/C25H27N5O7/c31-22(21-23(30(35)36)29(17-27-21)15-18-9-3-1-4-10-18)28-20(24(32)33)13-7-8-14-26-25(34)37-16-19-11-5-2-6-12-19/h1-6,9-12,17,20H,7-8,13-16H2,(H,26,34)(H,28,31)(H,32,33). The number of amides is 2. The van der Waals surface area contributed by atoms with Gasteiger partial charge in [-0.1, -0.05) is 60.7 Å². The Hall–Kier alpha value is -4.74.